The molecule has 1 heterocycles. The highest BCUT2D eigenvalue weighted by atomic mass is 16.3. The number of amides is 1. The van der Waals surface area contributed by atoms with Gasteiger partial charge in [0.15, 0.2) is 11.6 Å². The number of aryl methyl sites for hydroxylation is 2. The second-order valence-corrected chi connectivity index (χ2v) is 4.61. The first-order valence-corrected chi connectivity index (χ1v) is 6.35. The van der Waals surface area contributed by atoms with Gasteiger partial charge in [-0.1, -0.05) is 12.1 Å². The third kappa shape index (κ3) is 3.71. The number of hydrogen-bond acceptors (Lipinski definition) is 4. The van der Waals surface area contributed by atoms with Crippen LogP contribution in [0.5, 0.6) is 5.75 Å². The summed E-state index contributed by atoms with van der Waals surface area (Å²) in [5.41, 5.74) is 8.07. The molecule has 0 aliphatic heterocycles. The van der Waals surface area contributed by atoms with E-state index in [-0.39, 0.29) is 17.5 Å². The molecular weight excluding hydrogens is 254 g/mol. The monoisotopic (exact) mass is 271 g/mol. The van der Waals surface area contributed by atoms with Crippen molar-refractivity contribution in [2.45, 2.75) is 19.8 Å². The lowest BCUT2D eigenvalue weighted by Gasteiger charge is -2.07. The summed E-state index contributed by atoms with van der Waals surface area (Å²) in [5, 5.41) is 12.2. The van der Waals surface area contributed by atoms with Crippen molar-refractivity contribution in [1.29, 1.82) is 0 Å². The number of nitrogens with zero attached hydrogens (tertiary/aromatic N) is 1. The van der Waals surface area contributed by atoms with Gasteiger partial charge in [-0.25, -0.2) is 4.98 Å². The zero-order chi connectivity index (χ0) is 14.5. The topological polar surface area (TPSA) is 88.2 Å². The molecule has 0 spiro atoms. The van der Waals surface area contributed by atoms with Gasteiger partial charge in [0.05, 0.1) is 0 Å². The van der Waals surface area contributed by atoms with E-state index in [0.717, 1.165) is 11.3 Å². The number of nitrogens with two attached hydrogens (primary N) is 1. The predicted molar refractivity (Wildman–Crippen MR) is 78.4 cm³/mol. The van der Waals surface area contributed by atoms with Gasteiger partial charge in [-0.2, -0.15) is 0 Å². The minimum absolute atomic E-state index is 0.0311. The van der Waals surface area contributed by atoms with Crippen LogP contribution in [0.1, 0.15) is 17.7 Å². The molecule has 0 radical (unpaired) electrons. The minimum Gasteiger partial charge on any atom is -0.504 e. The average molecular weight is 271 g/mol. The number of hydrogen-bond donors (Lipinski definition) is 3. The molecule has 5 heteroatoms. The van der Waals surface area contributed by atoms with Crippen LogP contribution in [-0.4, -0.2) is 16.0 Å². The Hall–Kier alpha value is -2.56. The Morgan fingerprint density at radius 3 is 2.65 bits per heavy atom. The summed E-state index contributed by atoms with van der Waals surface area (Å²) >= 11 is 0. The van der Waals surface area contributed by atoms with Crippen molar-refractivity contribution >= 4 is 17.4 Å². The maximum Gasteiger partial charge on any atom is 0.225 e. The first-order chi connectivity index (χ1) is 9.54. The van der Waals surface area contributed by atoms with Crippen molar-refractivity contribution in [1.82, 2.24) is 4.98 Å². The van der Waals surface area contributed by atoms with Crippen molar-refractivity contribution in [3.8, 4) is 5.75 Å². The van der Waals surface area contributed by atoms with Gasteiger partial charge in [0.2, 0.25) is 5.91 Å². The Bertz CT molecular complexity index is 609. The van der Waals surface area contributed by atoms with Crippen LogP contribution in [0.15, 0.2) is 36.4 Å². The molecule has 2 aromatic rings. The van der Waals surface area contributed by atoms with E-state index in [4.69, 9.17) is 5.73 Å². The van der Waals surface area contributed by atoms with E-state index in [0.29, 0.717) is 18.5 Å². The molecule has 0 saturated carbocycles. The Morgan fingerprint density at radius 1 is 1.25 bits per heavy atom. The SMILES string of the molecule is Cc1ccc(O)c(NC(=O)CCc2ccc(N)cc2)n1. The smallest absolute Gasteiger partial charge is 0.225 e. The number of nitrogens with one attached hydrogen (secondary N) is 1. The van der Waals surface area contributed by atoms with Gasteiger partial charge in [0.25, 0.3) is 0 Å². The fourth-order valence-electron chi connectivity index (χ4n) is 1.78. The number of carbonyl (C=O) groups excluding carboxylic acids is 1. The van der Waals surface area contributed by atoms with E-state index in [9.17, 15) is 9.90 Å². The Morgan fingerprint density at radius 2 is 1.95 bits per heavy atom. The van der Waals surface area contributed by atoms with Crippen molar-refractivity contribution in [2.24, 2.45) is 0 Å². The van der Waals surface area contributed by atoms with Crippen LogP contribution in [0.4, 0.5) is 11.5 Å². The van der Waals surface area contributed by atoms with Crippen LogP contribution >= 0.6 is 0 Å². The van der Waals surface area contributed by atoms with Crippen LogP contribution in [0.3, 0.4) is 0 Å². The van der Waals surface area contributed by atoms with E-state index in [1.54, 1.807) is 25.1 Å². The highest BCUT2D eigenvalue weighted by Crippen LogP contribution is 2.20. The quantitative estimate of drug-likeness (QED) is 0.744. The second-order valence-electron chi connectivity index (χ2n) is 4.61. The molecular formula is C15H17N3O2. The van der Waals surface area contributed by atoms with Crippen LogP contribution in [0.25, 0.3) is 0 Å². The normalized spacial score (nSPS) is 10.2. The number of anilines is 2. The fourth-order valence-corrected chi connectivity index (χ4v) is 1.78. The molecule has 20 heavy (non-hydrogen) atoms. The molecule has 0 bridgehead atoms. The zero-order valence-corrected chi connectivity index (χ0v) is 11.3. The van der Waals surface area contributed by atoms with E-state index in [2.05, 4.69) is 10.3 Å². The van der Waals surface area contributed by atoms with Gasteiger partial charge < -0.3 is 16.2 Å². The van der Waals surface area contributed by atoms with Gasteiger partial charge in [-0.05, 0) is 43.2 Å². The summed E-state index contributed by atoms with van der Waals surface area (Å²) in [4.78, 5) is 15.9. The Balaban J connectivity index is 1.92. The second kappa shape index (κ2) is 6.06. The third-order valence-corrected chi connectivity index (χ3v) is 2.89. The molecule has 0 unspecified atom stereocenters. The van der Waals surface area contributed by atoms with E-state index < -0.39 is 0 Å². The Kier molecular flexibility index (Phi) is 4.20. The standard InChI is InChI=1S/C15H17N3O2/c1-10-2-8-13(19)15(17-10)18-14(20)9-5-11-3-6-12(16)7-4-11/h2-4,6-8,19H,5,9,16H2,1H3,(H,17,18,20). The lowest BCUT2D eigenvalue weighted by Crippen LogP contribution is -2.13. The van der Waals surface area contributed by atoms with Crippen molar-refractivity contribution in [2.75, 3.05) is 11.1 Å². The molecule has 104 valence electrons. The van der Waals surface area contributed by atoms with E-state index >= 15 is 0 Å². The molecule has 0 atom stereocenters. The molecule has 0 saturated heterocycles. The highest BCUT2D eigenvalue weighted by molar-refractivity contribution is 5.91. The zero-order valence-electron chi connectivity index (χ0n) is 11.3. The number of rotatable bonds is 4. The maximum absolute atomic E-state index is 11.8. The van der Waals surface area contributed by atoms with Crippen molar-refractivity contribution in [3.05, 3.63) is 47.7 Å². The van der Waals surface area contributed by atoms with Gasteiger partial charge in [0, 0.05) is 17.8 Å². The van der Waals surface area contributed by atoms with Gasteiger partial charge in [-0.15, -0.1) is 0 Å². The molecule has 2 rings (SSSR count). The van der Waals surface area contributed by atoms with Crippen LogP contribution in [0, 0.1) is 6.92 Å². The first-order valence-electron chi connectivity index (χ1n) is 6.35. The third-order valence-electron chi connectivity index (χ3n) is 2.89. The lowest BCUT2D eigenvalue weighted by molar-refractivity contribution is -0.116. The van der Waals surface area contributed by atoms with Crippen LogP contribution in [0.2, 0.25) is 0 Å². The largest absolute Gasteiger partial charge is 0.504 e. The summed E-state index contributed by atoms with van der Waals surface area (Å²) in [6.07, 6.45) is 0.928. The summed E-state index contributed by atoms with van der Waals surface area (Å²) in [5.74, 6) is -0.0148. The van der Waals surface area contributed by atoms with E-state index in [1.807, 2.05) is 12.1 Å². The molecule has 0 aliphatic carbocycles. The number of pyridine rings is 1. The highest BCUT2D eigenvalue weighted by Gasteiger charge is 2.08. The number of aromatic hydroxyl groups is 1. The molecule has 5 nitrogen and oxygen atoms in total. The molecule has 0 fully saturated rings. The first kappa shape index (κ1) is 13.9. The van der Waals surface area contributed by atoms with Gasteiger partial charge in [-0.3, -0.25) is 4.79 Å². The number of aromatic nitrogens is 1. The van der Waals surface area contributed by atoms with E-state index in [1.165, 1.54) is 6.07 Å². The summed E-state index contributed by atoms with van der Waals surface area (Å²) in [6.45, 7) is 1.80. The summed E-state index contributed by atoms with van der Waals surface area (Å²) in [6, 6.07) is 10.6. The van der Waals surface area contributed by atoms with Crippen molar-refractivity contribution in [3.63, 3.8) is 0 Å². The number of nitrogen functional groups attached to an aromatic ring is 1. The molecule has 4 N–H and O–H groups in total. The molecule has 1 amide bonds. The Labute approximate surface area is 117 Å². The van der Waals surface area contributed by atoms with Crippen LogP contribution in [-0.2, 0) is 11.2 Å². The predicted octanol–water partition coefficient (Wildman–Crippen LogP) is 2.25. The fraction of sp³-hybridized carbons (Fsp3) is 0.200. The minimum atomic E-state index is -0.185. The molecule has 1 aromatic heterocycles. The summed E-state index contributed by atoms with van der Waals surface area (Å²) < 4.78 is 0. The average Bonchev–Trinajstić information content (AvgIpc) is 2.42. The molecule has 1 aromatic carbocycles. The van der Waals surface area contributed by atoms with Crippen molar-refractivity contribution < 1.29 is 9.90 Å². The van der Waals surface area contributed by atoms with Gasteiger partial charge >= 0.3 is 0 Å². The maximum atomic E-state index is 11.8. The number of carbonyl (C=O) groups is 1. The lowest BCUT2D eigenvalue weighted by atomic mass is 10.1. The summed E-state index contributed by atoms with van der Waals surface area (Å²) in [7, 11) is 0. The van der Waals surface area contributed by atoms with Gasteiger partial charge in [0.1, 0.15) is 0 Å². The number of benzene rings is 1. The van der Waals surface area contributed by atoms with Crippen LogP contribution < -0.4 is 11.1 Å². The molecule has 0 aliphatic rings.